The molecular weight excluding hydrogens is 1860 g/mol. The average molecular weight is 1940 g/mol. The van der Waals surface area contributed by atoms with Crippen LogP contribution in [0.3, 0.4) is 0 Å². The third-order valence-electron chi connectivity index (χ3n) is 15.5. The molecule has 2 radical (unpaired) electrons. The van der Waals surface area contributed by atoms with Crippen LogP contribution in [0.5, 0.6) is 0 Å². The first kappa shape index (κ1) is 96.6. The van der Waals surface area contributed by atoms with E-state index in [-0.39, 0.29) is 31.8 Å². The summed E-state index contributed by atoms with van der Waals surface area (Å²) in [5.41, 5.74) is 31.3. The molecule has 8 N–H and O–H groups in total. The first-order valence-electron chi connectivity index (χ1n) is 33.9. The zero-order valence-corrected chi connectivity index (χ0v) is 74.3. The molecule has 0 fully saturated rings. The molecule has 0 saturated carbocycles. The topological polar surface area (TPSA) is 289 Å². The molecule has 16 aromatic rings. The Kier molecular flexibility index (Phi) is 42.1. The van der Waals surface area contributed by atoms with E-state index >= 15 is 0 Å². The van der Waals surface area contributed by atoms with E-state index in [2.05, 4.69) is 163 Å². The minimum atomic E-state index is -0.889. The molecule has 0 atom stereocenters. The molecule has 30 heteroatoms. The Morgan fingerprint density at radius 3 is 0.948 bits per heavy atom. The van der Waals surface area contributed by atoms with Crippen LogP contribution in [0.2, 0.25) is 0 Å². The molecule has 0 aliphatic rings. The Bertz CT molecular complexity index is 5450. The normalized spacial score (nSPS) is 9.79. The Labute approximate surface area is 738 Å². The van der Waals surface area contributed by atoms with Crippen molar-refractivity contribution in [3.63, 3.8) is 0 Å². The number of aromatic nitrogens is 4. The summed E-state index contributed by atoms with van der Waals surface area (Å²) in [7, 11) is 19.7. The maximum atomic E-state index is 10.6. The number of anilines is 6. The number of non-ortho nitro benzene ring substituents is 2. The summed E-state index contributed by atoms with van der Waals surface area (Å²) in [4.78, 5) is 66.9. The fourth-order valence-electron chi connectivity index (χ4n) is 9.61. The van der Waals surface area contributed by atoms with Gasteiger partial charge in [0.2, 0.25) is 0 Å². The van der Waals surface area contributed by atoms with Crippen molar-refractivity contribution in [2.24, 2.45) is 0 Å². The Morgan fingerprint density at radius 2 is 0.690 bits per heavy atom. The number of nitro groups is 2. The van der Waals surface area contributed by atoms with Gasteiger partial charge in [0.1, 0.15) is 20.0 Å². The van der Waals surface area contributed by atoms with E-state index in [0.717, 1.165) is 96.2 Å². The third kappa shape index (κ3) is 30.6. The van der Waals surface area contributed by atoms with Gasteiger partial charge in [-0.25, -0.2) is 24.7 Å². The number of rotatable bonds is 11. The summed E-state index contributed by atoms with van der Waals surface area (Å²) in [6, 6.07) is 90.5. The quantitative estimate of drug-likeness (QED) is 0.00926. The number of hydrogen-bond acceptors (Lipinski definition) is 22. The molecule has 0 saturated heterocycles. The van der Waals surface area contributed by atoms with Gasteiger partial charge < -0.3 is 37.4 Å². The number of fused-ring (bicyclic) bond motifs is 4. The molecule has 0 aliphatic carbocycles. The van der Waals surface area contributed by atoms with Crippen LogP contribution in [0.4, 0.5) is 45.5 Å². The van der Waals surface area contributed by atoms with Gasteiger partial charge >= 0.3 is 42.7 Å². The Balaban J connectivity index is 0.000000237. The number of hydrogen-bond donors (Lipinski definition) is 7. The van der Waals surface area contributed by atoms with Crippen LogP contribution in [0.15, 0.2) is 301 Å². The summed E-state index contributed by atoms with van der Waals surface area (Å²) in [5.74, 6) is -0.889. The molecule has 4 heterocycles. The van der Waals surface area contributed by atoms with Crippen molar-refractivity contribution >= 4 is 239 Å². The van der Waals surface area contributed by atoms with Crippen molar-refractivity contribution in [3.8, 4) is 42.3 Å². The van der Waals surface area contributed by atoms with Crippen molar-refractivity contribution < 1.29 is 24.5 Å². The van der Waals surface area contributed by atoms with E-state index in [0.29, 0.717) is 5.56 Å². The van der Waals surface area contributed by atoms with Crippen LogP contribution in [0.25, 0.3) is 83.2 Å². The third-order valence-corrected chi connectivity index (χ3v) is 20.9. The molecule has 0 bridgehead atoms. The van der Waals surface area contributed by atoms with E-state index in [1.807, 2.05) is 179 Å². The predicted molar refractivity (Wildman–Crippen MR) is 513 cm³/mol. The van der Waals surface area contributed by atoms with Crippen LogP contribution in [0.1, 0.15) is 35.6 Å². The van der Waals surface area contributed by atoms with Gasteiger partial charge in [0.05, 0.1) is 56.3 Å². The van der Waals surface area contributed by atoms with Gasteiger partial charge in [-0.15, -0.1) is 70.6 Å². The number of para-hydroxylation sites is 6. The Hall–Kier alpha value is -9.96. The monoisotopic (exact) mass is 1940 g/mol. The van der Waals surface area contributed by atoms with Crippen LogP contribution in [0, 0.1) is 20.2 Å². The fraction of sp³-hybridized carbons (Fsp3) is 0.0930. The van der Waals surface area contributed by atoms with Crippen molar-refractivity contribution in [1.29, 1.82) is 0 Å². The molecule has 0 spiro atoms. The molecule has 19 nitrogen and oxygen atoms in total. The van der Waals surface area contributed by atoms with Crippen LogP contribution >= 0.6 is 123 Å². The second-order valence-corrected chi connectivity index (χ2v) is 33.3. The van der Waals surface area contributed by atoms with Gasteiger partial charge in [-0.3, -0.25) is 25.0 Å². The first-order valence-corrected chi connectivity index (χ1v) is 47.8. The molecule has 4 aromatic heterocycles. The van der Waals surface area contributed by atoms with Gasteiger partial charge in [-0.2, -0.15) is 0 Å². The van der Waals surface area contributed by atoms with E-state index in [4.69, 9.17) is 51.8 Å². The number of alkyl halides is 1. The number of nitrogens with one attached hydrogen (secondary N) is 1. The fourth-order valence-corrected chi connectivity index (χ4v) is 13.9. The minimum absolute atomic E-state index is 0. The van der Waals surface area contributed by atoms with Gasteiger partial charge in [0, 0.05) is 131 Å². The molecule has 16 rings (SSSR count). The van der Waals surface area contributed by atoms with Gasteiger partial charge in [-0.05, 0) is 211 Å². The molecule has 0 amide bonds. The van der Waals surface area contributed by atoms with Crippen LogP contribution in [-0.4, -0.2) is 105 Å². The Morgan fingerprint density at radius 1 is 0.431 bits per heavy atom. The van der Waals surface area contributed by atoms with Gasteiger partial charge in [0.15, 0.2) is 0 Å². The second kappa shape index (κ2) is 50.5. The first-order chi connectivity index (χ1) is 54.9. The summed E-state index contributed by atoms with van der Waals surface area (Å²) < 4.78 is 4.81. The number of aromatic carboxylic acids is 1. The molecule has 0 unspecified atom stereocenters. The number of thiol groups is 2. The van der Waals surface area contributed by atoms with Crippen molar-refractivity contribution in [2.75, 3.05) is 72.5 Å². The number of nitrogens with zero attached hydrogens (tertiary/aromatic N) is 8. The summed E-state index contributed by atoms with van der Waals surface area (Å²) in [6.07, 6.45) is 0. The van der Waals surface area contributed by atoms with E-state index < -0.39 is 39.9 Å². The SMILES string of the molecule is C.C.CI.CN(C)c1ccc(-c2nc3ccccc3s2)cc1.CN(C)c1ccc(C(=O)O)cc1.CNc1ccc(-c2nc3ccccc3s2)cc1.Nc1ccc(-c2nc3ccccc3s2)cc1.Nc1ccccc1S.Nc1ccccc1S.O=C(Cl)c1ccc([N+](=O)[O-])cc1.O=[N+]([O-])c1ccc(-c2nc3ccccc3s2)cc1.[Cl][Sn][Cl]. The van der Waals surface area contributed by atoms with E-state index in [1.165, 1.54) is 67.3 Å². The zero-order chi connectivity index (χ0) is 82.6. The molecule has 598 valence electrons. The van der Waals surface area contributed by atoms with E-state index in [9.17, 15) is 29.8 Å². The van der Waals surface area contributed by atoms with Crippen molar-refractivity contribution in [2.45, 2.75) is 24.6 Å². The van der Waals surface area contributed by atoms with E-state index in [1.54, 1.807) is 81.7 Å². The number of nitro benzene ring substituents is 2. The number of nitrogen functional groups attached to an aromatic ring is 3. The number of carbonyl (C=O) groups is 2. The number of thiazole rings is 4. The van der Waals surface area contributed by atoms with Crippen LogP contribution in [-0.2, 0) is 0 Å². The van der Waals surface area contributed by atoms with Crippen molar-refractivity contribution in [1.82, 2.24) is 19.9 Å². The van der Waals surface area contributed by atoms with Gasteiger partial charge in [-0.1, -0.05) is 110 Å². The molecule has 0 aliphatic heterocycles. The number of halogens is 4. The molecule has 116 heavy (non-hydrogen) atoms. The summed E-state index contributed by atoms with van der Waals surface area (Å²) >= 11 is 21.4. The molecule has 12 aromatic carbocycles. The molecular formula is C86H84Cl3IN12O7S6Sn. The summed E-state index contributed by atoms with van der Waals surface area (Å²) in [6.45, 7) is 0. The average Bonchev–Trinajstić information content (AvgIpc) is 1.71. The standard InChI is InChI=1S/C15H14N2S.C14H12N2S.C13H8N2O2S.C13H10N2S.C9H11NO2.C7H4ClNO3.2C6H7NS.CH3I.2CH4.2ClH.Sn/c1-17(2)12-9-7-11(8-10-12)15-16-13-5-3-4-6-14(13)18-15;1-15-11-8-6-10(7-9-11)14-16-12-4-2-3-5-13(12)17-14;16-15(17)10-7-5-9(6-8-10)13-14-11-3-1-2-4-12(11)18-13;14-10-7-5-9(6-8-10)13-15-11-3-1-2-4-12(11)16-13;1-10(2)8-5-3-7(4-6-8)9(11)12;8-7(10)5-1-3-6(4-2-5)9(11)12;2*7-5-3-1-2-4-6(5)8;1-2;;;;;/h3-10H,1-2H3;2-9,15H,1H3;1-8H;1-8H,14H2;3-6H,1-2H3,(H,11,12);1-4H;2*1-4,8H,7H2;1H3;2*1H4;2*1H;/q;;;;;;;;;;;;;+2/p-2. The van der Waals surface area contributed by atoms with Gasteiger partial charge in [0.25, 0.3) is 16.6 Å². The number of nitrogens with two attached hydrogens (primary N) is 3. The number of carbonyl (C=O) groups excluding carboxylic acids is 1. The predicted octanol–water partition coefficient (Wildman–Crippen LogP) is 25.3. The number of carboxylic acid groups (broad SMARTS) is 1. The van der Waals surface area contributed by atoms with Crippen LogP contribution < -0.4 is 32.3 Å². The second-order valence-electron chi connectivity index (χ2n) is 23.7. The summed E-state index contributed by atoms with van der Waals surface area (Å²) in [5, 5.41) is 35.9. The zero-order valence-electron chi connectivity index (χ0n) is 62.0. The van der Waals surface area contributed by atoms with Crippen molar-refractivity contribution in [3.05, 3.63) is 323 Å². The number of carboxylic acids is 1. The maximum absolute atomic E-state index is 10.6. The number of benzene rings is 12.